The summed E-state index contributed by atoms with van der Waals surface area (Å²) in [5.41, 5.74) is 9.08. The van der Waals surface area contributed by atoms with Gasteiger partial charge in [0.25, 0.3) is 23.9 Å². The monoisotopic (exact) mass is 456 g/mol. The number of aliphatic carboxylic acids is 3. The Morgan fingerprint density at radius 2 is 1.23 bits per heavy atom. The Balaban J connectivity index is -0.000000537. The molecule has 186 valence electrons. The Morgan fingerprint density at radius 3 is 1.68 bits per heavy atom. The molecule has 0 atom stereocenters. The molecular weight excluding hydrogens is 416 g/mol. The Morgan fingerprint density at radius 1 is 0.806 bits per heavy atom. The van der Waals surface area contributed by atoms with E-state index in [0.29, 0.717) is 13.0 Å². The molecule has 1 fully saturated rings. The molecule has 1 saturated heterocycles. The average molecular weight is 457 g/mol. The Hall–Kier alpha value is -1.87. The smallest absolute Gasteiger partial charge is 0.300 e. The first-order valence-electron chi connectivity index (χ1n) is 10.0. The zero-order valence-corrected chi connectivity index (χ0v) is 18.6. The van der Waals surface area contributed by atoms with Crippen molar-refractivity contribution in [1.82, 2.24) is 21.5 Å². The number of hydrogen-bond acceptors (Lipinski definition) is 10. The minimum Gasteiger partial charge on any atom is -0.481 e. The molecule has 13 nitrogen and oxygen atoms in total. The predicted molar refractivity (Wildman–Crippen MR) is 112 cm³/mol. The summed E-state index contributed by atoms with van der Waals surface area (Å²) >= 11 is 0. The van der Waals surface area contributed by atoms with Crippen LogP contribution in [0.1, 0.15) is 72.1 Å². The lowest BCUT2D eigenvalue weighted by Gasteiger charge is -2.25. The summed E-state index contributed by atoms with van der Waals surface area (Å²) in [4.78, 5) is 27.0. The van der Waals surface area contributed by atoms with E-state index in [1.165, 1.54) is 25.7 Å². The van der Waals surface area contributed by atoms with Crippen molar-refractivity contribution in [3.05, 3.63) is 0 Å². The zero-order chi connectivity index (χ0) is 24.7. The van der Waals surface area contributed by atoms with Gasteiger partial charge in [-0.05, 0) is 19.3 Å². The van der Waals surface area contributed by atoms with Crippen molar-refractivity contribution in [3.63, 3.8) is 0 Å². The molecule has 0 unspecified atom stereocenters. The van der Waals surface area contributed by atoms with E-state index in [-0.39, 0.29) is 6.42 Å². The van der Waals surface area contributed by atoms with Crippen molar-refractivity contribution < 1.29 is 45.0 Å². The van der Waals surface area contributed by atoms with Gasteiger partial charge in [-0.2, -0.15) is 11.1 Å². The highest BCUT2D eigenvalue weighted by molar-refractivity contribution is 5.63. The highest BCUT2D eigenvalue weighted by Gasteiger charge is 2.17. The van der Waals surface area contributed by atoms with Gasteiger partial charge >= 0.3 is 0 Å². The minimum absolute atomic E-state index is 0.0569. The molecule has 13 heteroatoms. The van der Waals surface area contributed by atoms with Crippen molar-refractivity contribution in [2.75, 3.05) is 19.6 Å². The van der Waals surface area contributed by atoms with E-state index in [0.717, 1.165) is 46.7 Å². The van der Waals surface area contributed by atoms with Crippen LogP contribution >= 0.6 is 0 Å². The normalized spacial score (nSPS) is 15.7. The third-order valence-corrected chi connectivity index (χ3v) is 3.22. The summed E-state index contributed by atoms with van der Waals surface area (Å²) in [5, 5.41) is 50.8. The van der Waals surface area contributed by atoms with E-state index >= 15 is 0 Å². The molecule has 1 heterocycles. The summed E-state index contributed by atoms with van der Waals surface area (Å²) in [5.74, 6) is -5.06. The van der Waals surface area contributed by atoms with Crippen LogP contribution < -0.4 is 16.5 Å². The molecule has 0 aromatic rings. The van der Waals surface area contributed by atoms with Crippen LogP contribution in [0.25, 0.3) is 0 Å². The van der Waals surface area contributed by atoms with Crippen molar-refractivity contribution >= 4 is 17.9 Å². The topological polar surface area (TPSA) is 212 Å². The van der Waals surface area contributed by atoms with Gasteiger partial charge in [-0.25, -0.2) is 10.4 Å². The molecule has 0 saturated carbocycles. The summed E-state index contributed by atoms with van der Waals surface area (Å²) in [6, 6.07) is 0. The molecule has 0 bridgehead atoms. The highest BCUT2D eigenvalue weighted by atomic mass is 16.7. The standard InChI is InChI=1S/C12H28N4O3.3C2H4O2/c17-12(18,19)8-7-11-16-10-6-4-2-1-3-5-9-13-14-15-16;3*1-2(3)4/h13-15,17-19H,1-11H2;3*1H3,(H,3,4). The third kappa shape index (κ3) is 52.5. The Bertz CT molecular complexity index is 407. The molecule has 0 aromatic heterocycles. The van der Waals surface area contributed by atoms with Crippen LogP contribution in [0, 0.1) is 0 Å². The molecule has 1 aliphatic heterocycles. The van der Waals surface area contributed by atoms with Crippen LogP contribution in [0.5, 0.6) is 0 Å². The number of aliphatic hydroxyl groups is 3. The van der Waals surface area contributed by atoms with Crippen molar-refractivity contribution in [3.8, 4) is 0 Å². The molecule has 0 spiro atoms. The van der Waals surface area contributed by atoms with Gasteiger partial charge in [0.2, 0.25) is 0 Å². The van der Waals surface area contributed by atoms with Gasteiger partial charge in [-0.1, -0.05) is 25.7 Å². The first-order chi connectivity index (χ1) is 14.3. The van der Waals surface area contributed by atoms with Gasteiger partial charge < -0.3 is 30.6 Å². The van der Waals surface area contributed by atoms with E-state index in [1.54, 1.807) is 0 Å². The molecule has 0 aliphatic carbocycles. The van der Waals surface area contributed by atoms with Crippen LogP contribution in [-0.4, -0.2) is 79.2 Å². The van der Waals surface area contributed by atoms with Crippen LogP contribution in [0.4, 0.5) is 0 Å². The average Bonchev–Trinajstić information content (AvgIpc) is 2.54. The lowest BCUT2D eigenvalue weighted by molar-refractivity contribution is -0.315. The number of nitrogens with zero attached hydrogens (tertiary/aromatic N) is 1. The molecule has 31 heavy (non-hydrogen) atoms. The van der Waals surface area contributed by atoms with Gasteiger partial charge in [0.1, 0.15) is 0 Å². The molecule has 0 amide bonds. The maximum Gasteiger partial charge on any atom is 0.300 e. The van der Waals surface area contributed by atoms with Crippen molar-refractivity contribution in [1.29, 1.82) is 0 Å². The van der Waals surface area contributed by atoms with E-state index < -0.39 is 23.9 Å². The summed E-state index contributed by atoms with van der Waals surface area (Å²) in [7, 11) is 0. The Kier molecular flexibility index (Phi) is 24.8. The Labute approximate surface area is 183 Å². The minimum atomic E-state index is -2.56. The quantitative estimate of drug-likeness (QED) is 0.252. The number of carboxylic acid groups (broad SMARTS) is 3. The molecule has 0 aromatic carbocycles. The van der Waals surface area contributed by atoms with Gasteiger partial charge in [-0.3, -0.25) is 14.4 Å². The number of rotatable bonds is 4. The van der Waals surface area contributed by atoms with Gasteiger partial charge in [0.15, 0.2) is 0 Å². The van der Waals surface area contributed by atoms with Crippen molar-refractivity contribution in [2.24, 2.45) is 0 Å². The molecule has 1 rings (SSSR count). The van der Waals surface area contributed by atoms with E-state index in [9.17, 15) is 0 Å². The molecule has 1 aliphatic rings. The van der Waals surface area contributed by atoms with E-state index in [2.05, 4.69) is 16.5 Å². The number of hydrazine groups is 3. The second kappa shape index (κ2) is 22.8. The van der Waals surface area contributed by atoms with E-state index in [1.807, 2.05) is 5.01 Å². The first-order valence-corrected chi connectivity index (χ1v) is 10.0. The lowest BCUT2D eigenvalue weighted by Crippen LogP contribution is -2.53. The maximum atomic E-state index is 9.00. The lowest BCUT2D eigenvalue weighted by atomic mass is 10.1. The maximum absolute atomic E-state index is 9.00. The van der Waals surface area contributed by atoms with Gasteiger partial charge in [0, 0.05) is 46.8 Å². The van der Waals surface area contributed by atoms with Gasteiger partial charge in [-0.15, -0.1) is 0 Å². The third-order valence-electron chi connectivity index (χ3n) is 3.22. The zero-order valence-electron chi connectivity index (χ0n) is 18.6. The molecule has 0 radical (unpaired) electrons. The summed E-state index contributed by atoms with van der Waals surface area (Å²) < 4.78 is 0. The fourth-order valence-electron chi connectivity index (χ4n) is 2.13. The summed E-state index contributed by atoms with van der Waals surface area (Å²) in [6.45, 7) is 5.70. The highest BCUT2D eigenvalue weighted by Crippen LogP contribution is 2.08. The van der Waals surface area contributed by atoms with Crippen molar-refractivity contribution in [2.45, 2.75) is 78.1 Å². The predicted octanol–water partition coefficient (Wildman–Crippen LogP) is -0.160. The van der Waals surface area contributed by atoms with Crippen LogP contribution in [0.3, 0.4) is 0 Å². The first kappa shape index (κ1) is 33.8. The van der Waals surface area contributed by atoms with Gasteiger partial charge in [0.05, 0.1) is 0 Å². The molecule has 9 N–H and O–H groups in total. The number of carboxylic acids is 3. The summed E-state index contributed by atoms with van der Waals surface area (Å²) in [6.07, 6.45) is 7.76. The second-order valence-corrected chi connectivity index (χ2v) is 6.71. The second-order valence-electron chi connectivity index (χ2n) is 6.71. The van der Waals surface area contributed by atoms with E-state index in [4.69, 9.17) is 45.0 Å². The number of carbonyl (C=O) groups is 3. The SMILES string of the molecule is CC(=O)O.CC(=O)O.CC(=O)O.OC(O)(O)CCCN1CCCCCCCCNNN1. The van der Waals surface area contributed by atoms with Crippen LogP contribution in [0.2, 0.25) is 0 Å². The number of hydrogen-bond donors (Lipinski definition) is 9. The fourth-order valence-corrected chi connectivity index (χ4v) is 2.13. The van der Waals surface area contributed by atoms with Crippen LogP contribution in [-0.2, 0) is 14.4 Å². The largest absolute Gasteiger partial charge is 0.481 e. The molecular formula is C18H40N4O9. The number of nitrogens with one attached hydrogen (secondary N) is 3. The fraction of sp³-hybridized carbons (Fsp3) is 0.833. The van der Waals surface area contributed by atoms with Crippen LogP contribution in [0.15, 0.2) is 0 Å².